The molecule has 0 saturated carbocycles. The quantitative estimate of drug-likeness (QED) is 0.157. The van der Waals surface area contributed by atoms with Gasteiger partial charge in [-0.3, -0.25) is 0 Å². The molecule has 0 radical (unpaired) electrons. The third-order valence-electron chi connectivity index (χ3n) is 6.02. The number of benzene rings is 4. The van der Waals surface area contributed by atoms with Crippen molar-refractivity contribution in [2.45, 2.75) is 38.0 Å². The molecule has 0 aliphatic heterocycles. The maximum absolute atomic E-state index is 2.46. The van der Waals surface area contributed by atoms with E-state index in [2.05, 4.69) is 135 Å². The average Bonchev–Trinajstić information content (AvgIpc) is 2.86. The summed E-state index contributed by atoms with van der Waals surface area (Å²) >= 11 is 0. The Morgan fingerprint density at radius 2 is 0.636 bits per heavy atom. The SMILES string of the molecule is CC(CCC(C)P(c1ccccc1)c1ccccc1)P(c1ccccc1)c1ccccc1.[Ru+2]. The van der Waals surface area contributed by atoms with E-state index in [4.69, 9.17) is 0 Å². The fourth-order valence-corrected chi connectivity index (χ4v) is 9.83. The zero-order chi connectivity index (χ0) is 22.2. The Kier molecular flexibility index (Phi) is 10.5. The van der Waals surface area contributed by atoms with Crippen molar-refractivity contribution in [1.29, 1.82) is 0 Å². The molecule has 168 valence electrons. The van der Waals surface area contributed by atoms with E-state index in [1.807, 2.05) is 0 Å². The van der Waals surface area contributed by atoms with E-state index >= 15 is 0 Å². The first-order valence-electron chi connectivity index (χ1n) is 11.5. The summed E-state index contributed by atoms with van der Waals surface area (Å²) in [6.45, 7) is 4.93. The van der Waals surface area contributed by atoms with Gasteiger partial charge in [0.25, 0.3) is 0 Å². The van der Waals surface area contributed by atoms with Crippen molar-refractivity contribution >= 4 is 37.1 Å². The first-order valence-corrected chi connectivity index (χ1v) is 14.3. The van der Waals surface area contributed by atoms with Gasteiger partial charge in [-0.15, -0.1) is 0 Å². The Bertz CT molecular complexity index is 887. The molecular weight excluding hydrogens is 523 g/mol. The maximum atomic E-state index is 2.46. The predicted octanol–water partition coefficient (Wildman–Crippen LogP) is 6.81. The third-order valence-corrected chi connectivity index (χ3v) is 11.7. The molecule has 33 heavy (non-hydrogen) atoms. The van der Waals surface area contributed by atoms with Crippen LogP contribution < -0.4 is 21.2 Å². The number of hydrogen-bond acceptors (Lipinski definition) is 0. The van der Waals surface area contributed by atoms with E-state index < -0.39 is 0 Å². The number of rotatable bonds is 9. The van der Waals surface area contributed by atoms with Crippen molar-refractivity contribution in [3.05, 3.63) is 121 Å². The second-order valence-electron chi connectivity index (χ2n) is 8.36. The number of hydrogen-bond donors (Lipinski definition) is 0. The van der Waals surface area contributed by atoms with Gasteiger partial charge in [-0.25, -0.2) is 0 Å². The largest absolute Gasteiger partial charge is 2.00 e. The monoisotopic (exact) mass is 556 g/mol. The van der Waals surface area contributed by atoms with Crippen molar-refractivity contribution in [3.8, 4) is 0 Å². The Labute approximate surface area is 215 Å². The Hall–Kier alpha value is -1.64. The molecule has 0 spiro atoms. The molecule has 0 bridgehead atoms. The standard InChI is InChI=1S/C30H32P2.Ru/c1-25(31(27-15-7-3-8-16-27)28-17-9-4-10-18-28)23-24-26(2)32(29-19-11-5-12-20-29)30-21-13-6-14-22-30;/h3-22,25-26H,23-24H2,1-2H3;/q;+2. The molecule has 0 nitrogen and oxygen atoms in total. The summed E-state index contributed by atoms with van der Waals surface area (Å²) in [6, 6.07) is 44.6. The molecule has 2 atom stereocenters. The smallest absolute Gasteiger partial charge is 0.0622 e. The van der Waals surface area contributed by atoms with Crippen LogP contribution in [0.1, 0.15) is 26.7 Å². The van der Waals surface area contributed by atoms with Crippen LogP contribution in [-0.4, -0.2) is 11.3 Å². The molecule has 4 rings (SSSR count). The van der Waals surface area contributed by atoms with Crippen molar-refractivity contribution in [2.24, 2.45) is 0 Å². The van der Waals surface area contributed by atoms with Gasteiger partial charge in [0.05, 0.1) is 0 Å². The summed E-state index contributed by atoms with van der Waals surface area (Å²) in [7, 11) is -0.727. The van der Waals surface area contributed by atoms with Crippen LogP contribution in [0, 0.1) is 0 Å². The van der Waals surface area contributed by atoms with Gasteiger partial charge >= 0.3 is 19.5 Å². The topological polar surface area (TPSA) is 0 Å². The summed E-state index contributed by atoms with van der Waals surface area (Å²) < 4.78 is 0. The van der Waals surface area contributed by atoms with Crippen molar-refractivity contribution in [2.75, 3.05) is 0 Å². The second-order valence-corrected chi connectivity index (χ2v) is 13.7. The van der Waals surface area contributed by atoms with E-state index in [0.29, 0.717) is 11.3 Å². The molecule has 0 aromatic heterocycles. The normalized spacial score (nSPS) is 12.8. The van der Waals surface area contributed by atoms with Crippen LogP contribution in [-0.2, 0) is 19.5 Å². The van der Waals surface area contributed by atoms with E-state index in [9.17, 15) is 0 Å². The van der Waals surface area contributed by atoms with Crippen molar-refractivity contribution in [1.82, 2.24) is 0 Å². The summed E-state index contributed by atoms with van der Waals surface area (Å²) in [6.07, 6.45) is 2.49. The Balaban J connectivity index is 0.00000306. The molecule has 4 aromatic rings. The molecule has 2 unspecified atom stereocenters. The van der Waals surface area contributed by atoms with Crippen LogP contribution in [0.25, 0.3) is 0 Å². The first kappa shape index (κ1) is 26.0. The third kappa shape index (κ3) is 6.93. The summed E-state index contributed by atoms with van der Waals surface area (Å²) in [5, 5.41) is 5.95. The van der Waals surface area contributed by atoms with E-state index in [1.165, 1.54) is 34.1 Å². The van der Waals surface area contributed by atoms with Gasteiger partial charge < -0.3 is 0 Å². The molecule has 4 aromatic carbocycles. The van der Waals surface area contributed by atoms with Crippen LogP contribution in [0.4, 0.5) is 0 Å². The molecule has 0 saturated heterocycles. The van der Waals surface area contributed by atoms with Gasteiger partial charge in [-0.2, -0.15) is 0 Å². The van der Waals surface area contributed by atoms with Crippen LogP contribution >= 0.6 is 15.8 Å². The van der Waals surface area contributed by atoms with Gasteiger partial charge in [-0.05, 0) is 61.2 Å². The van der Waals surface area contributed by atoms with Crippen LogP contribution in [0.5, 0.6) is 0 Å². The zero-order valence-electron chi connectivity index (χ0n) is 19.4. The molecular formula is C30H32P2Ru+2. The predicted molar refractivity (Wildman–Crippen MR) is 146 cm³/mol. The van der Waals surface area contributed by atoms with Crippen molar-refractivity contribution < 1.29 is 19.5 Å². The fraction of sp³-hybridized carbons (Fsp3) is 0.200. The second kappa shape index (κ2) is 13.3. The molecule has 0 aliphatic carbocycles. The minimum atomic E-state index is -0.363. The van der Waals surface area contributed by atoms with Gasteiger partial charge in [0, 0.05) is 0 Å². The fourth-order valence-electron chi connectivity index (χ4n) is 4.41. The maximum Gasteiger partial charge on any atom is 2.00 e. The van der Waals surface area contributed by atoms with Gasteiger partial charge in [-0.1, -0.05) is 135 Å². The Morgan fingerprint density at radius 3 is 0.848 bits per heavy atom. The molecule has 0 N–H and O–H groups in total. The summed E-state index contributed by atoms with van der Waals surface area (Å²) in [4.78, 5) is 0. The summed E-state index contributed by atoms with van der Waals surface area (Å²) in [5.74, 6) is 0. The minimum Gasteiger partial charge on any atom is -0.0622 e. The van der Waals surface area contributed by atoms with Gasteiger partial charge in [0.15, 0.2) is 0 Å². The van der Waals surface area contributed by atoms with Crippen LogP contribution in [0.15, 0.2) is 121 Å². The first-order chi connectivity index (χ1) is 15.7. The van der Waals surface area contributed by atoms with Gasteiger partial charge in [0.2, 0.25) is 0 Å². The van der Waals surface area contributed by atoms with Crippen LogP contribution in [0.2, 0.25) is 0 Å². The van der Waals surface area contributed by atoms with Crippen molar-refractivity contribution in [3.63, 3.8) is 0 Å². The van der Waals surface area contributed by atoms with Gasteiger partial charge in [0.1, 0.15) is 0 Å². The van der Waals surface area contributed by atoms with E-state index in [-0.39, 0.29) is 35.3 Å². The molecule has 3 heteroatoms. The Morgan fingerprint density at radius 1 is 0.424 bits per heavy atom. The minimum absolute atomic E-state index is 0. The average molecular weight is 556 g/mol. The van der Waals surface area contributed by atoms with E-state index in [1.54, 1.807) is 0 Å². The van der Waals surface area contributed by atoms with Crippen LogP contribution in [0.3, 0.4) is 0 Å². The van der Waals surface area contributed by atoms with E-state index in [0.717, 1.165) is 0 Å². The summed E-state index contributed by atoms with van der Waals surface area (Å²) in [5.41, 5.74) is 1.28. The zero-order valence-corrected chi connectivity index (χ0v) is 22.9. The molecule has 0 amide bonds. The molecule has 0 fully saturated rings. The molecule has 0 aliphatic rings. The molecule has 0 heterocycles.